The van der Waals surface area contributed by atoms with Crippen molar-refractivity contribution in [3.63, 3.8) is 0 Å². The van der Waals surface area contributed by atoms with Crippen molar-refractivity contribution < 1.29 is 0 Å². The molecule has 2 aromatic rings. The van der Waals surface area contributed by atoms with Crippen LogP contribution in [0.15, 0.2) is 40.4 Å². The van der Waals surface area contributed by atoms with Gasteiger partial charge in [-0.25, -0.2) is 0 Å². The van der Waals surface area contributed by atoms with E-state index in [1.54, 1.807) is 11.3 Å². The van der Waals surface area contributed by atoms with Crippen LogP contribution in [0, 0.1) is 0 Å². The van der Waals surface area contributed by atoms with Gasteiger partial charge in [0.15, 0.2) is 0 Å². The Labute approximate surface area is 101 Å². The molecule has 0 aliphatic heterocycles. The Hall–Kier alpha value is -0.710. The number of hydrogen-bond donors (Lipinski definition) is 1. The van der Waals surface area contributed by atoms with Crippen LogP contribution >= 0.6 is 27.3 Å². The summed E-state index contributed by atoms with van der Waals surface area (Å²) in [4.78, 5) is 5.32. The van der Waals surface area contributed by atoms with Gasteiger partial charge >= 0.3 is 0 Å². The van der Waals surface area contributed by atoms with Crippen molar-refractivity contribution in [3.8, 4) is 0 Å². The first-order valence-corrected chi connectivity index (χ1v) is 6.30. The van der Waals surface area contributed by atoms with Gasteiger partial charge in [0.2, 0.25) is 0 Å². The predicted octanol–water partition coefficient (Wildman–Crippen LogP) is 3.21. The van der Waals surface area contributed by atoms with Crippen LogP contribution in [0.4, 0.5) is 0 Å². The van der Waals surface area contributed by atoms with Crippen LogP contribution in [0.25, 0.3) is 0 Å². The number of halogens is 1. The second-order valence-electron chi connectivity index (χ2n) is 3.14. The van der Waals surface area contributed by atoms with E-state index < -0.39 is 0 Å². The van der Waals surface area contributed by atoms with E-state index in [0.717, 1.165) is 4.47 Å². The average molecular weight is 283 g/mol. The van der Waals surface area contributed by atoms with Crippen molar-refractivity contribution in [2.75, 3.05) is 7.05 Å². The Kier molecular flexibility index (Phi) is 3.51. The van der Waals surface area contributed by atoms with Gasteiger partial charge in [0.1, 0.15) is 0 Å². The van der Waals surface area contributed by atoms with Crippen molar-refractivity contribution in [3.05, 3.63) is 50.9 Å². The van der Waals surface area contributed by atoms with Crippen LogP contribution in [0.2, 0.25) is 0 Å². The van der Waals surface area contributed by atoms with Crippen LogP contribution < -0.4 is 5.32 Å². The highest BCUT2D eigenvalue weighted by atomic mass is 79.9. The SMILES string of the molecule is CNC(c1ccncc1)c1sccc1Br. The zero-order valence-corrected chi connectivity index (χ0v) is 10.7. The molecule has 0 spiro atoms. The molecule has 0 radical (unpaired) electrons. The van der Waals surface area contributed by atoms with Gasteiger partial charge in [0.25, 0.3) is 0 Å². The van der Waals surface area contributed by atoms with Crippen molar-refractivity contribution in [1.29, 1.82) is 0 Å². The topological polar surface area (TPSA) is 24.9 Å². The molecule has 1 atom stereocenters. The minimum Gasteiger partial charge on any atom is -0.309 e. The van der Waals surface area contributed by atoms with Crippen molar-refractivity contribution in [2.24, 2.45) is 0 Å². The second kappa shape index (κ2) is 4.88. The molecule has 4 heteroatoms. The quantitative estimate of drug-likeness (QED) is 0.935. The highest BCUT2D eigenvalue weighted by Crippen LogP contribution is 2.32. The summed E-state index contributed by atoms with van der Waals surface area (Å²) in [7, 11) is 1.97. The number of pyridine rings is 1. The van der Waals surface area contributed by atoms with Gasteiger partial charge in [0.05, 0.1) is 6.04 Å². The van der Waals surface area contributed by atoms with Crippen molar-refractivity contribution in [2.45, 2.75) is 6.04 Å². The highest BCUT2D eigenvalue weighted by molar-refractivity contribution is 9.10. The zero-order chi connectivity index (χ0) is 10.7. The van der Waals surface area contributed by atoms with E-state index in [2.05, 4.69) is 37.7 Å². The summed E-state index contributed by atoms with van der Waals surface area (Å²) in [6.45, 7) is 0. The molecule has 0 saturated carbocycles. The summed E-state index contributed by atoms with van der Waals surface area (Å²) in [6, 6.07) is 6.38. The smallest absolute Gasteiger partial charge is 0.0681 e. The minimum atomic E-state index is 0.238. The number of thiophene rings is 1. The number of hydrogen-bond acceptors (Lipinski definition) is 3. The summed E-state index contributed by atoms with van der Waals surface area (Å²) >= 11 is 5.31. The third-order valence-electron chi connectivity index (χ3n) is 2.24. The van der Waals surface area contributed by atoms with E-state index >= 15 is 0 Å². The zero-order valence-electron chi connectivity index (χ0n) is 8.27. The third-order valence-corrected chi connectivity index (χ3v) is 4.17. The monoisotopic (exact) mass is 282 g/mol. The molecular formula is C11H11BrN2S. The Morgan fingerprint density at radius 3 is 2.60 bits per heavy atom. The lowest BCUT2D eigenvalue weighted by atomic mass is 10.1. The first-order valence-electron chi connectivity index (χ1n) is 4.63. The standard InChI is InChI=1S/C11H11BrN2S/c1-13-10(8-2-5-14-6-3-8)11-9(12)4-7-15-11/h2-7,10,13H,1H3. The maximum Gasteiger partial charge on any atom is 0.0681 e. The van der Waals surface area contributed by atoms with Crippen LogP contribution in [0.3, 0.4) is 0 Å². The molecule has 0 amide bonds. The molecule has 2 rings (SSSR count). The van der Waals surface area contributed by atoms with Gasteiger partial charge < -0.3 is 5.32 Å². The molecule has 0 aliphatic carbocycles. The molecule has 0 aliphatic rings. The van der Waals surface area contributed by atoms with Gasteiger partial charge in [-0.3, -0.25) is 4.98 Å². The molecule has 0 saturated heterocycles. The van der Waals surface area contributed by atoms with Gasteiger partial charge in [0, 0.05) is 21.7 Å². The summed E-state index contributed by atoms with van der Waals surface area (Å²) in [5.74, 6) is 0. The molecule has 78 valence electrons. The number of aromatic nitrogens is 1. The van der Waals surface area contributed by atoms with Crippen molar-refractivity contribution in [1.82, 2.24) is 10.3 Å². The van der Waals surface area contributed by atoms with E-state index in [1.165, 1.54) is 10.4 Å². The third kappa shape index (κ3) is 2.27. The summed E-state index contributed by atoms with van der Waals surface area (Å²) in [5, 5.41) is 5.40. The summed E-state index contributed by atoms with van der Waals surface area (Å²) in [6.07, 6.45) is 3.64. The van der Waals surface area contributed by atoms with Crippen LogP contribution in [0.5, 0.6) is 0 Å². The molecule has 0 aromatic carbocycles. The van der Waals surface area contributed by atoms with Crippen LogP contribution in [0.1, 0.15) is 16.5 Å². The molecule has 2 heterocycles. The lowest BCUT2D eigenvalue weighted by molar-refractivity contribution is 0.700. The molecule has 0 bridgehead atoms. The predicted molar refractivity (Wildman–Crippen MR) is 67.2 cm³/mol. The Morgan fingerprint density at radius 1 is 1.33 bits per heavy atom. The molecule has 1 unspecified atom stereocenters. The van der Waals surface area contributed by atoms with Gasteiger partial charge in [-0.1, -0.05) is 0 Å². The van der Waals surface area contributed by atoms with E-state index in [9.17, 15) is 0 Å². The van der Waals surface area contributed by atoms with Crippen LogP contribution in [-0.4, -0.2) is 12.0 Å². The van der Waals surface area contributed by atoms with E-state index in [-0.39, 0.29) is 6.04 Å². The first-order chi connectivity index (χ1) is 7.33. The fourth-order valence-corrected chi connectivity index (χ4v) is 3.25. The Bertz CT molecular complexity index is 427. The average Bonchev–Trinajstić information content (AvgIpc) is 2.68. The van der Waals surface area contributed by atoms with Gasteiger partial charge in [-0.15, -0.1) is 11.3 Å². The number of rotatable bonds is 3. The molecule has 15 heavy (non-hydrogen) atoms. The first kappa shape index (κ1) is 10.8. The molecular weight excluding hydrogens is 272 g/mol. The van der Waals surface area contributed by atoms with E-state index in [1.807, 2.05) is 31.6 Å². The molecule has 1 N–H and O–H groups in total. The second-order valence-corrected chi connectivity index (χ2v) is 4.94. The van der Waals surface area contributed by atoms with Crippen molar-refractivity contribution >= 4 is 27.3 Å². The molecule has 2 nitrogen and oxygen atoms in total. The highest BCUT2D eigenvalue weighted by Gasteiger charge is 2.15. The van der Waals surface area contributed by atoms with E-state index in [4.69, 9.17) is 0 Å². The minimum absolute atomic E-state index is 0.238. The maximum absolute atomic E-state index is 4.03. The molecule has 2 aromatic heterocycles. The van der Waals surface area contributed by atoms with Gasteiger partial charge in [-0.05, 0) is 52.1 Å². The normalized spacial score (nSPS) is 12.7. The van der Waals surface area contributed by atoms with Crippen LogP contribution in [-0.2, 0) is 0 Å². The number of nitrogens with zero attached hydrogens (tertiary/aromatic N) is 1. The molecule has 0 fully saturated rings. The lowest BCUT2D eigenvalue weighted by Gasteiger charge is -2.15. The Balaban J connectivity index is 2.37. The fourth-order valence-electron chi connectivity index (χ4n) is 1.52. The fraction of sp³-hybridized carbons (Fsp3) is 0.182. The van der Waals surface area contributed by atoms with E-state index in [0.29, 0.717) is 0 Å². The summed E-state index contributed by atoms with van der Waals surface area (Å²) in [5.41, 5.74) is 1.23. The summed E-state index contributed by atoms with van der Waals surface area (Å²) < 4.78 is 1.16. The number of nitrogens with one attached hydrogen (secondary N) is 1. The Morgan fingerprint density at radius 2 is 2.07 bits per heavy atom. The van der Waals surface area contributed by atoms with Gasteiger partial charge in [-0.2, -0.15) is 0 Å². The lowest BCUT2D eigenvalue weighted by Crippen LogP contribution is -2.16. The largest absolute Gasteiger partial charge is 0.309 e. The maximum atomic E-state index is 4.03.